The van der Waals surface area contributed by atoms with Crippen LogP contribution in [-0.2, 0) is 17.7 Å². The zero-order valence-corrected chi connectivity index (χ0v) is 21.0. The number of para-hydroxylation sites is 2. The highest BCUT2D eigenvalue weighted by Gasteiger charge is 2.24. The SMILES string of the molecule is CCCN(Cc1c(CC)nn(-c2ccccc2)c1Oc1ccccc1)C[C@H](O)CN1CCOCC1. The number of aliphatic hydroxyl groups excluding tert-OH is 1. The number of aromatic nitrogens is 2. The Labute approximate surface area is 208 Å². The summed E-state index contributed by atoms with van der Waals surface area (Å²) in [6.45, 7) is 10.4. The molecule has 35 heavy (non-hydrogen) atoms. The lowest BCUT2D eigenvalue weighted by Crippen LogP contribution is -2.44. The normalized spacial score (nSPS) is 15.4. The molecule has 0 saturated carbocycles. The van der Waals surface area contributed by atoms with E-state index in [4.69, 9.17) is 14.6 Å². The predicted molar refractivity (Wildman–Crippen MR) is 138 cm³/mol. The van der Waals surface area contributed by atoms with Crippen LogP contribution in [0.3, 0.4) is 0 Å². The van der Waals surface area contributed by atoms with Gasteiger partial charge in [0.2, 0.25) is 5.88 Å². The van der Waals surface area contributed by atoms with E-state index >= 15 is 0 Å². The van der Waals surface area contributed by atoms with Gasteiger partial charge in [-0.25, -0.2) is 4.68 Å². The van der Waals surface area contributed by atoms with Crippen LogP contribution < -0.4 is 4.74 Å². The van der Waals surface area contributed by atoms with Crippen LogP contribution in [0.1, 0.15) is 31.5 Å². The number of hydrogen-bond donors (Lipinski definition) is 1. The van der Waals surface area contributed by atoms with E-state index in [2.05, 4.69) is 23.6 Å². The van der Waals surface area contributed by atoms with Gasteiger partial charge in [0.05, 0.1) is 36.3 Å². The van der Waals surface area contributed by atoms with Crippen molar-refractivity contribution in [1.82, 2.24) is 19.6 Å². The molecule has 1 aromatic heterocycles. The molecule has 188 valence electrons. The fourth-order valence-electron chi connectivity index (χ4n) is 4.58. The smallest absolute Gasteiger partial charge is 0.227 e. The molecule has 2 heterocycles. The number of nitrogens with zero attached hydrogens (tertiary/aromatic N) is 4. The zero-order valence-electron chi connectivity index (χ0n) is 21.0. The van der Waals surface area contributed by atoms with Gasteiger partial charge in [-0.15, -0.1) is 0 Å². The number of benzene rings is 2. The van der Waals surface area contributed by atoms with Crippen molar-refractivity contribution in [2.24, 2.45) is 0 Å². The first-order valence-electron chi connectivity index (χ1n) is 12.8. The Bertz CT molecular complexity index is 1020. The average molecular weight is 479 g/mol. The van der Waals surface area contributed by atoms with Gasteiger partial charge in [-0.2, -0.15) is 5.10 Å². The number of aryl methyl sites for hydroxylation is 1. The van der Waals surface area contributed by atoms with Gasteiger partial charge in [-0.3, -0.25) is 9.80 Å². The Morgan fingerprint density at radius 2 is 1.71 bits per heavy atom. The van der Waals surface area contributed by atoms with Crippen LogP contribution in [0.2, 0.25) is 0 Å². The number of morpholine rings is 1. The second kappa shape index (κ2) is 12.8. The maximum absolute atomic E-state index is 10.9. The summed E-state index contributed by atoms with van der Waals surface area (Å²) in [6.07, 6.45) is 1.39. The summed E-state index contributed by atoms with van der Waals surface area (Å²) in [5.74, 6) is 1.52. The van der Waals surface area contributed by atoms with Gasteiger partial charge in [-0.05, 0) is 43.7 Å². The molecule has 1 N–H and O–H groups in total. The van der Waals surface area contributed by atoms with Crippen LogP contribution in [0.5, 0.6) is 11.6 Å². The quantitative estimate of drug-likeness (QED) is 0.422. The summed E-state index contributed by atoms with van der Waals surface area (Å²) >= 11 is 0. The van der Waals surface area contributed by atoms with Crippen LogP contribution in [0.15, 0.2) is 60.7 Å². The van der Waals surface area contributed by atoms with Gasteiger partial charge in [0.15, 0.2) is 0 Å². The molecule has 1 aliphatic heterocycles. The molecule has 0 aliphatic carbocycles. The molecule has 3 aromatic rings. The number of hydrogen-bond acceptors (Lipinski definition) is 6. The van der Waals surface area contributed by atoms with Crippen molar-refractivity contribution in [1.29, 1.82) is 0 Å². The summed E-state index contributed by atoms with van der Waals surface area (Å²) in [5.41, 5.74) is 3.06. The summed E-state index contributed by atoms with van der Waals surface area (Å²) in [6, 6.07) is 20.0. The Balaban J connectivity index is 1.60. The summed E-state index contributed by atoms with van der Waals surface area (Å²) < 4.78 is 13.8. The topological polar surface area (TPSA) is 63.0 Å². The minimum Gasteiger partial charge on any atom is -0.439 e. The van der Waals surface area contributed by atoms with E-state index in [1.807, 2.05) is 65.3 Å². The lowest BCUT2D eigenvalue weighted by Gasteiger charge is -2.31. The van der Waals surface area contributed by atoms with Crippen molar-refractivity contribution in [3.05, 3.63) is 71.9 Å². The second-order valence-corrected chi connectivity index (χ2v) is 9.05. The third-order valence-corrected chi connectivity index (χ3v) is 6.28. The van der Waals surface area contributed by atoms with Crippen LogP contribution >= 0.6 is 0 Å². The fraction of sp³-hybridized carbons (Fsp3) is 0.464. The molecule has 1 aliphatic rings. The van der Waals surface area contributed by atoms with Crippen LogP contribution in [0, 0.1) is 0 Å². The molecule has 1 atom stereocenters. The van der Waals surface area contributed by atoms with Crippen LogP contribution in [0.25, 0.3) is 5.69 Å². The number of ether oxygens (including phenoxy) is 2. The second-order valence-electron chi connectivity index (χ2n) is 9.05. The lowest BCUT2D eigenvalue weighted by molar-refractivity contribution is 0.00622. The molecule has 0 unspecified atom stereocenters. The van der Waals surface area contributed by atoms with Gasteiger partial charge in [-0.1, -0.05) is 50.2 Å². The first-order chi connectivity index (χ1) is 17.2. The molecule has 1 saturated heterocycles. The molecular weight excluding hydrogens is 440 g/mol. The fourth-order valence-corrected chi connectivity index (χ4v) is 4.58. The van der Waals surface area contributed by atoms with Crippen LogP contribution in [0.4, 0.5) is 0 Å². The molecule has 0 amide bonds. The Kier molecular flexibility index (Phi) is 9.31. The Hall–Kier alpha value is -2.71. The van der Waals surface area contributed by atoms with Crippen molar-refractivity contribution in [2.75, 3.05) is 45.9 Å². The Morgan fingerprint density at radius 1 is 1.03 bits per heavy atom. The highest BCUT2D eigenvalue weighted by Crippen LogP contribution is 2.32. The zero-order chi connectivity index (χ0) is 24.5. The van der Waals surface area contributed by atoms with E-state index in [1.165, 1.54) is 0 Å². The first-order valence-corrected chi connectivity index (χ1v) is 12.8. The molecule has 0 bridgehead atoms. The molecule has 2 aromatic carbocycles. The standard InChI is InChI=1S/C28H38N4O3/c1-3-15-31(21-24(33)20-30-16-18-34-19-17-30)22-26-27(4-2)29-32(23-11-7-5-8-12-23)28(26)35-25-13-9-6-10-14-25/h5-14,24,33H,3-4,15-22H2,1-2H3/t24-/m1/s1. The summed E-state index contributed by atoms with van der Waals surface area (Å²) in [7, 11) is 0. The highest BCUT2D eigenvalue weighted by molar-refractivity contribution is 5.43. The largest absolute Gasteiger partial charge is 0.439 e. The number of rotatable bonds is 12. The van der Waals surface area contributed by atoms with Gasteiger partial charge >= 0.3 is 0 Å². The predicted octanol–water partition coefficient (Wildman–Crippen LogP) is 4.13. The molecule has 4 rings (SSSR count). The maximum Gasteiger partial charge on any atom is 0.227 e. The maximum atomic E-state index is 10.9. The molecule has 1 fully saturated rings. The van der Waals surface area contributed by atoms with Crippen molar-refractivity contribution >= 4 is 0 Å². The molecule has 7 heteroatoms. The summed E-state index contributed by atoms with van der Waals surface area (Å²) in [4.78, 5) is 4.61. The van der Waals surface area contributed by atoms with E-state index in [1.54, 1.807) is 0 Å². The van der Waals surface area contributed by atoms with E-state index < -0.39 is 6.10 Å². The Morgan fingerprint density at radius 3 is 2.37 bits per heavy atom. The third-order valence-electron chi connectivity index (χ3n) is 6.28. The minimum absolute atomic E-state index is 0.424. The summed E-state index contributed by atoms with van der Waals surface area (Å²) in [5, 5.41) is 15.9. The van der Waals surface area contributed by atoms with Crippen molar-refractivity contribution in [3.8, 4) is 17.3 Å². The monoisotopic (exact) mass is 478 g/mol. The molecule has 0 spiro atoms. The minimum atomic E-state index is -0.424. The van der Waals surface area contributed by atoms with Crippen molar-refractivity contribution in [2.45, 2.75) is 39.3 Å². The molecule has 7 nitrogen and oxygen atoms in total. The number of β-amino-alcohol motifs (C(OH)–C–C–N with tert-alkyl or cyclic N) is 1. The van der Waals surface area contributed by atoms with E-state index in [-0.39, 0.29) is 0 Å². The van der Waals surface area contributed by atoms with Crippen molar-refractivity contribution < 1.29 is 14.6 Å². The van der Waals surface area contributed by atoms with E-state index in [0.29, 0.717) is 19.6 Å². The lowest BCUT2D eigenvalue weighted by atomic mass is 10.1. The van der Waals surface area contributed by atoms with Crippen LogP contribution in [-0.4, -0.2) is 76.7 Å². The van der Waals surface area contributed by atoms with E-state index in [9.17, 15) is 5.11 Å². The molecule has 0 radical (unpaired) electrons. The van der Waals surface area contributed by atoms with Crippen molar-refractivity contribution in [3.63, 3.8) is 0 Å². The third kappa shape index (κ3) is 6.92. The van der Waals surface area contributed by atoms with Gasteiger partial charge in [0.25, 0.3) is 0 Å². The average Bonchev–Trinajstić information content (AvgIpc) is 3.22. The van der Waals surface area contributed by atoms with Gasteiger partial charge in [0.1, 0.15) is 5.75 Å². The molecular formula is C28H38N4O3. The van der Waals surface area contributed by atoms with Gasteiger partial charge < -0.3 is 14.6 Å². The first kappa shape index (κ1) is 25.4. The van der Waals surface area contributed by atoms with E-state index in [0.717, 1.165) is 74.3 Å². The van der Waals surface area contributed by atoms with Gasteiger partial charge in [0, 0.05) is 32.7 Å². The number of aliphatic hydroxyl groups is 1. The highest BCUT2D eigenvalue weighted by atomic mass is 16.5.